The zero-order valence-electron chi connectivity index (χ0n) is 16.4. The van der Waals surface area contributed by atoms with Gasteiger partial charge in [0.2, 0.25) is 5.91 Å². The molecule has 1 aromatic heterocycles. The van der Waals surface area contributed by atoms with E-state index in [0.29, 0.717) is 38.2 Å². The summed E-state index contributed by atoms with van der Waals surface area (Å²) >= 11 is 0. The van der Waals surface area contributed by atoms with Crippen molar-refractivity contribution in [2.45, 2.75) is 20.3 Å². The van der Waals surface area contributed by atoms with Gasteiger partial charge in [0, 0.05) is 45.5 Å². The maximum Gasteiger partial charge on any atom is 0.231 e. The third-order valence-electron chi connectivity index (χ3n) is 5.78. The van der Waals surface area contributed by atoms with Crippen LogP contribution in [0.25, 0.3) is 0 Å². The largest absolute Gasteiger partial charge is 0.352 e. The van der Waals surface area contributed by atoms with Gasteiger partial charge in [0.05, 0.1) is 16.8 Å². The molecule has 28 heavy (non-hydrogen) atoms. The van der Waals surface area contributed by atoms with Crippen molar-refractivity contribution in [1.82, 2.24) is 20.2 Å². The number of nitrogens with zero attached hydrogens (tertiary/aromatic N) is 4. The van der Waals surface area contributed by atoms with Gasteiger partial charge in [0.25, 0.3) is 0 Å². The van der Waals surface area contributed by atoms with Gasteiger partial charge in [-0.05, 0) is 31.9 Å². The molecule has 2 saturated heterocycles. The molecule has 0 aliphatic carbocycles. The Kier molecular flexibility index (Phi) is 5.02. The Balaban J connectivity index is 1.44. The molecule has 0 bridgehead atoms. The summed E-state index contributed by atoms with van der Waals surface area (Å²) in [6.07, 6.45) is 2.21. The summed E-state index contributed by atoms with van der Waals surface area (Å²) in [4.78, 5) is 26.4. The molecule has 1 N–H and O–H groups in total. The highest BCUT2D eigenvalue weighted by molar-refractivity contribution is 5.85. The third kappa shape index (κ3) is 3.46. The van der Waals surface area contributed by atoms with E-state index in [4.69, 9.17) is 0 Å². The van der Waals surface area contributed by atoms with Crippen LogP contribution in [-0.4, -0.2) is 60.0 Å². The van der Waals surface area contributed by atoms with Crippen LogP contribution < -0.4 is 10.2 Å². The smallest absolute Gasteiger partial charge is 0.231 e. The Morgan fingerprint density at radius 1 is 1.18 bits per heavy atom. The molecule has 4 rings (SSSR count). The fraction of sp³-hybridized carbons (Fsp3) is 0.476. The summed E-state index contributed by atoms with van der Waals surface area (Å²) in [6, 6.07) is 6.75. The molecule has 7 heteroatoms. The van der Waals surface area contributed by atoms with Gasteiger partial charge < -0.3 is 15.1 Å². The molecule has 2 aliphatic rings. The van der Waals surface area contributed by atoms with Crippen LogP contribution in [0.15, 0.2) is 30.5 Å². The maximum atomic E-state index is 14.1. The Labute approximate surface area is 164 Å². The molecule has 2 aromatic rings. The normalized spacial score (nSPS) is 18.7. The predicted molar refractivity (Wildman–Crippen MR) is 106 cm³/mol. The van der Waals surface area contributed by atoms with Gasteiger partial charge in [-0.1, -0.05) is 18.2 Å². The SMILES string of the molecule is Cc1cnc(C)c(N2CCN(C(=O)C3(Cc4ccccc4F)CNC3)CC2)n1. The van der Waals surface area contributed by atoms with Crippen molar-refractivity contribution in [2.24, 2.45) is 5.41 Å². The molecule has 2 aliphatic heterocycles. The lowest BCUT2D eigenvalue weighted by atomic mass is 9.74. The first-order chi connectivity index (χ1) is 13.5. The van der Waals surface area contributed by atoms with Gasteiger partial charge in [-0.25, -0.2) is 9.37 Å². The van der Waals surface area contributed by atoms with Gasteiger partial charge in [-0.2, -0.15) is 0 Å². The molecule has 2 fully saturated rings. The van der Waals surface area contributed by atoms with Gasteiger partial charge in [0.15, 0.2) is 0 Å². The summed E-state index contributed by atoms with van der Waals surface area (Å²) in [7, 11) is 0. The number of aryl methyl sites for hydroxylation is 2. The molecule has 1 amide bonds. The number of nitrogens with one attached hydrogen (secondary N) is 1. The van der Waals surface area contributed by atoms with Crippen molar-refractivity contribution >= 4 is 11.7 Å². The number of carbonyl (C=O) groups excluding carboxylic acids is 1. The molecule has 6 nitrogen and oxygen atoms in total. The number of anilines is 1. The minimum absolute atomic E-state index is 0.126. The predicted octanol–water partition coefficient (Wildman–Crippen LogP) is 1.71. The highest BCUT2D eigenvalue weighted by Gasteiger charge is 2.47. The lowest BCUT2D eigenvalue weighted by molar-refractivity contribution is -0.145. The van der Waals surface area contributed by atoms with E-state index in [1.165, 1.54) is 6.07 Å². The van der Waals surface area contributed by atoms with Crippen molar-refractivity contribution in [3.05, 3.63) is 53.2 Å². The van der Waals surface area contributed by atoms with E-state index >= 15 is 0 Å². The number of hydrogen-bond acceptors (Lipinski definition) is 5. The molecule has 0 radical (unpaired) electrons. The van der Waals surface area contributed by atoms with E-state index in [-0.39, 0.29) is 11.7 Å². The first-order valence-corrected chi connectivity index (χ1v) is 9.77. The Hall–Kier alpha value is -2.54. The van der Waals surface area contributed by atoms with Crippen molar-refractivity contribution in [1.29, 1.82) is 0 Å². The molecule has 0 spiro atoms. The van der Waals surface area contributed by atoms with Gasteiger partial charge in [0.1, 0.15) is 11.6 Å². The lowest BCUT2D eigenvalue weighted by Gasteiger charge is -2.46. The standard InChI is InChI=1S/C21H26FN5O/c1-15-12-24-16(2)19(25-15)26-7-9-27(10-8-26)20(28)21(13-23-14-21)11-17-5-3-4-6-18(17)22/h3-6,12,23H,7-11,13-14H2,1-2H3. The average Bonchev–Trinajstić information content (AvgIpc) is 2.67. The topological polar surface area (TPSA) is 61.4 Å². The third-order valence-corrected chi connectivity index (χ3v) is 5.78. The van der Waals surface area contributed by atoms with E-state index < -0.39 is 5.41 Å². The monoisotopic (exact) mass is 383 g/mol. The summed E-state index contributed by atoms with van der Waals surface area (Å²) in [5, 5.41) is 3.21. The fourth-order valence-electron chi connectivity index (χ4n) is 4.07. The molecule has 1 aromatic carbocycles. The van der Waals surface area contributed by atoms with Crippen LogP contribution >= 0.6 is 0 Å². The molecule has 0 unspecified atom stereocenters. The highest BCUT2D eigenvalue weighted by atomic mass is 19.1. The van der Waals surface area contributed by atoms with E-state index in [1.54, 1.807) is 18.3 Å². The van der Waals surface area contributed by atoms with Crippen molar-refractivity contribution in [3.63, 3.8) is 0 Å². The number of hydrogen-bond donors (Lipinski definition) is 1. The second-order valence-electron chi connectivity index (χ2n) is 7.85. The number of amides is 1. The Bertz CT molecular complexity index is 875. The summed E-state index contributed by atoms with van der Waals surface area (Å²) in [6.45, 7) is 7.85. The van der Waals surface area contributed by atoms with Crippen LogP contribution in [0.5, 0.6) is 0 Å². The average molecular weight is 383 g/mol. The zero-order chi connectivity index (χ0) is 19.7. The van der Waals surface area contributed by atoms with Crippen LogP contribution in [0.3, 0.4) is 0 Å². The second-order valence-corrected chi connectivity index (χ2v) is 7.85. The van der Waals surface area contributed by atoms with E-state index in [1.807, 2.05) is 24.8 Å². The highest BCUT2D eigenvalue weighted by Crippen LogP contribution is 2.32. The van der Waals surface area contributed by atoms with E-state index in [0.717, 1.165) is 30.3 Å². The van der Waals surface area contributed by atoms with E-state index in [9.17, 15) is 9.18 Å². The van der Waals surface area contributed by atoms with Crippen molar-refractivity contribution in [3.8, 4) is 0 Å². The van der Waals surface area contributed by atoms with Gasteiger partial charge >= 0.3 is 0 Å². The van der Waals surface area contributed by atoms with Crippen LogP contribution in [0.4, 0.5) is 10.2 Å². The van der Waals surface area contributed by atoms with Crippen LogP contribution in [0, 0.1) is 25.1 Å². The van der Waals surface area contributed by atoms with E-state index in [2.05, 4.69) is 20.2 Å². The quantitative estimate of drug-likeness (QED) is 0.871. The minimum atomic E-state index is -0.538. The van der Waals surface area contributed by atoms with Crippen molar-refractivity contribution in [2.75, 3.05) is 44.2 Å². The number of benzene rings is 1. The Morgan fingerprint density at radius 2 is 1.89 bits per heavy atom. The second kappa shape index (κ2) is 7.47. The summed E-state index contributed by atoms with van der Waals surface area (Å²) in [5.41, 5.74) is 1.87. The van der Waals surface area contributed by atoms with Crippen molar-refractivity contribution < 1.29 is 9.18 Å². The maximum absolute atomic E-state index is 14.1. The summed E-state index contributed by atoms with van der Waals surface area (Å²) < 4.78 is 14.1. The van der Waals surface area contributed by atoms with Gasteiger partial charge in [-0.15, -0.1) is 0 Å². The molecular formula is C21H26FN5O. The molecule has 0 saturated carbocycles. The van der Waals surface area contributed by atoms with Crippen LogP contribution in [0.2, 0.25) is 0 Å². The van der Waals surface area contributed by atoms with Crippen LogP contribution in [-0.2, 0) is 11.2 Å². The number of piperazine rings is 1. The van der Waals surface area contributed by atoms with Gasteiger partial charge in [-0.3, -0.25) is 9.78 Å². The lowest BCUT2D eigenvalue weighted by Crippen LogP contribution is -2.65. The summed E-state index contributed by atoms with van der Waals surface area (Å²) in [5.74, 6) is 0.791. The number of carbonyl (C=O) groups is 1. The number of aromatic nitrogens is 2. The zero-order valence-corrected chi connectivity index (χ0v) is 16.4. The minimum Gasteiger partial charge on any atom is -0.352 e. The molecule has 148 valence electrons. The first kappa shape index (κ1) is 18.8. The molecule has 0 atom stereocenters. The first-order valence-electron chi connectivity index (χ1n) is 9.77. The molecule has 3 heterocycles. The Morgan fingerprint density at radius 3 is 2.54 bits per heavy atom. The number of rotatable bonds is 4. The molecular weight excluding hydrogens is 357 g/mol. The fourth-order valence-corrected chi connectivity index (χ4v) is 4.07. The van der Waals surface area contributed by atoms with Crippen LogP contribution in [0.1, 0.15) is 17.0 Å². The number of halogens is 1.